The molecule has 1 N–H and O–H groups in total. The molecule has 134 valence electrons. The van der Waals surface area contributed by atoms with Crippen LogP contribution in [0.4, 0.5) is 0 Å². The Morgan fingerprint density at radius 2 is 1.92 bits per heavy atom. The Labute approximate surface area is 146 Å². The molecule has 1 heterocycles. The molecule has 7 nitrogen and oxygen atoms in total. The van der Waals surface area contributed by atoms with Gasteiger partial charge in [0.15, 0.2) is 6.04 Å². The molecule has 0 aliphatic carbocycles. The van der Waals surface area contributed by atoms with E-state index in [1.807, 2.05) is 37.3 Å². The second kappa shape index (κ2) is 8.43. The minimum absolute atomic E-state index is 0.138. The molecule has 0 radical (unpaired) electrons. The van der Waals surface area contributed by atoms with E-state index < -0.39 is 17.9 Å². The minimum Gasteiger partial charge on any atom is -0.464 e. The summed E-state index contributed by atoms with van der Waals surface area (Å²) in [6.07, 6.45) is 0. The van der Waals surface area contributed by atoms with E-state index in [9.17, 15) is 9.59 Å². The molecule has 1 amide bonds. The highest BCUT2D eigenvalue weighted by molar-refractivity contribution is 5.86. The second-order valence-corrected chi connectivity index (χ2v) is 5.52. The molecule has 1 atom stereocenters. The number of nitrogens with one attached hydrogen (secondary N) is 1. The molecule has 0 spiro atoms. The first-order valence-corrected chi connectivity index (χ1v) is 8.06. The number of methoxy groups -OCH3 is 1. The maximum Gasteiger partial charge on any atom is 0.333 e. The van der Waals surface area contributed by atoms with E-state index in [1.165, 1.54) is 7.11 Å². The zero-order valence-electron chi connectivity index (χ0n) is 14.9. The van der Waals surface area contributed by atoms with Gasteiger partial charge in [0, 0.05) is 18.4 Å². The second-order valence-electron chi connectivity index (χ2n) is 5.52. The Hall–Kier alpha value is -2.67. The van der Waals surface area contributed by atoms with Crippen LogP contribution in [-0.4, -0.2) is 42.0 Å². The lowest BCUT2D eigenvalue weighted by Crippen LogP contribution is -2.37. The normalized spacial score (nSPS) is 11.8. The van der Waals surface area contributed by atoms with Crippen LogP contribution < -0.4 is 5.32 Å². The fourth-order valence-electron chi connectivity index (χ4n) is 2.70. The number of carbonyl (C=O) groups excluding carboxylic acids is 2. The summed E-state index contributed by atoms with van der Waals surface area (Å²) in [4.78, 5) is 24.4. The number of hydrogen-bond donors (Lipinski definition) is 1. The lowest BCUT2D eigenvalue weighted by Gasteiger charge is -2.18. The standard InChI is InChI=1S/C18H23N3O4/c1-5-25-18(23)17(19-15(22)11-24-4)16-12(2)20-21(13(16)3)14-9-7-6-8-10-14/h6-10,17H,5,11H2,1-4H3,(H,19,22)/t17-/m1/s1. The molecular weight excluding hydrogens is 322 g/mol. The molecule has 1 aromatic heterocycles. The molecule has 1 aromatic carbocycles. The average molecular weight is 345 g/mol. The lowest BCUT2D eigenvalue weighted by molar-refractivity contribution is -0.148. The SMILES string of the molecule is CCOC(=O)[C@H](NC(=O)COC)c1c(C)nn(-c2ccccc2)c1C. The van der Waals surface area contributed by atoms with Crippen LogP contribution in [0, 0.1) is 13.8 Å². The fourth-order valence-corrected chi connectivity index (χ4v) is 2.70. The quantitative estimate of drug-likeness (QED) is 0.775. The maximum absolute atomic E-state index is 12.4. The van der Waals surface area contributed by atoms with E-state index in [2.05, 4.69) is 10.4 Å². The van der Waals surface area contributed by atoms with Gasteiger partial charge in [0.25, 0.3) is 0 Å². The fraction of sp³-hybridized carbons (Fsp3) is 0.389. The van der Waals surface area contributed by atoms with Gasteiger partial charge in [0.1, 0.15) is 6.61 Å². The van der Waals surface area contributed by atoms with Crippen molar-refractivity contribution in [1.29, 1.82) is 0 Å². The summed E-state index contributed by atoms with van der Waals surface area (Å²) in [6.45, 7) is 5.47. The molecule has 0 saturated carbocycles. The number of hydrogen-bond acceptors (Lipinski definition) is 5. The van der Waals surface area contributed by atoms with Crippen molar-refractivity contribution in [2.45, 2.75) is 26.8 Å². The zero-order valence-corrected chi connectivity index (χ0v) is 14.9. The topological polar surface area (TPSA) is 82.4 Å². The van der Waals surface area contributed by atoms with Crippen molar-refractivity contribution in [2.24, 2.45) is 0 Å². The number of rotatable bonds is 7. The Balaban J connectivity index is 2.44. The number of aryl methyl sites for hydroxylation is 1. The third-order valence-electron chi connectivity index (χ3n) is 3.74. The molecule has 0 unspecified atom stereocenters. The molecule has 0 fully saturated rings. The summed E-state index contributed by atoms with van der Waals surface area (Å²) in [6, 6.07) is 8.66. The summed E-state index contributed by atoms with van der Waals surface area (Å²) in [5, 5.41) is 7.20. The predicted octanol–water partition coefficient (Wildman–Crippen LogP) is 1.86. The first-order chi connectivity index (χ1) is 12.0. The smallest absolute Gasteiger partial charge is 0.333 e. The number of carbonyl (C=O) groups is 2. The number of aromatic nitrogens is 2. The Kier molecular flexibility index (Phi) is 6.30. The van der Waals surface area contributed by atoms with Gasteiger partial charge in [-0.15, -0.1) is 0 Å². The van der Waals surface area contributed by atoms with Gasteiger partial charge in [-0.05, 0) is 32.9 Å². The first kappa shape index (κ1) is 18.7. The maximum atomic E-state index is 12.4. The highest BCUT2D eigenvalue weighted by Gasteiger charge is 2.30. The van der Waals surface area contributed by atoms with Gasteiger partial charge in [0.05, 0.1) is 18.0 Å². The monoisotopic (exact) mass is 345 g/mol. The first-order valence-electron chi connectivity index (χ1n) is 8.06. The van der Waals surface area contributed by atoms with E-state index in [1.54, 1.807) is 18.5 Å². The van der Waals surface area contributed by atoms with E-state index in [0.29, 0.717) is 11.3 Å². The summed E-state index contributed by atoms with van der Waals surface area (Å²) in [5.74, 6) is -0.919. The van der Waals surface area contributed by atoms with E-state index in [4.69, 9.17) is 9.47 Å². The third kappa shape index (κ3) is 4.24. The number of nitrogens with zero attached hydrogens (tertiary/aromatic N) is 2. The Bertz CT molecular complexity index is 740. The minimum atomic E-state index is -0.930. The van der Waals surface area contributed by atoms with E-state index in [0.717, 1.165) is 11.4 Å². The van der Waals surface area contributed by atoms with Gasteiger partial charge in [-0.1, -0.05) is 18.2 Å². The highest BCUT2D eigenvalue weighted by Crippen LogP contribution is 2.25. The van der Waals surface area contributed by atoms with Gasteiger partial charge in [-0.3, -0.25) is 4.79 Å². The number of para-hydroxylation sites is 1. The number of ether oxygens (including phenoxy) is 2. The Morgan fingerprint density at radius 3 is 2.52 bits per heavy atom. The van der Waals surface area contributed by atoms with Gasteiger partial charge < -0.3 is 14.8 Å². The summed E-state index contributed by atoms with van der Waals surface area (Å²) in [5.41, 5.74) is 2.92. The van der Waals surface area contributed by atoms with Gasteiger partial charge in [-0.25, -0.2) is 9.48 Å². The van der Waals surface area contributed by atoms with Gasteiger partial charge in [0.2, 0.25) is 5.91 Å². The van der Waals surface area contributed by atoms with Gasteiger partial charge in [-0.2, -0.15) is 5.10 Å². The van der Waals surface area contributed by atoms with Crippen LogP contribution in [0.2, 0.25) is 0 Å². The van der Waals surface area contributed by atoms with Crippen molar-refractivity contribution in [3.63, 3.8) is 0 Å². The van der Waals surface area contributed by atoms with Crippen LogP contribution in [-0.2, 0) is 19.1 Å². The molecule has 2 aromatic rings. The van der Waals surface area contributed by atoms with Crippen molar-refractivity contribution < 1.29 is 19.1 Å². The molecule has 25 heavy (non-hydrogen) atoms. The van der Waals surface area contributed by atoms with Crippen molar-refractivity contribution >= 4 is 11.9 Å². The molecule has 0 bridgehead atoms. The summed E-state index contributed by atoms with van der Waals surface area (Å²) in [7, 11) is 1.42. The van der Waals surface area contributed by atoms with Crippen molar-refractivity contribution in [2.75, 3.05) is 20.3 Å². The van der Waals surface area contributed by atoms with E-state index in [-0.39, 0.29) is 13.2 Å². The molecule has 0 saturated heterocycles. The van der Waals surface area contributed by atoms with Crippen LogP contribution in [0.3, 0.4) is 0 Å². The van der Waals surface area contributed by atoms with Crippen molar-refractivity contribution in [3.05, 3.63) is 47.3 Å². The molecule has 0 aliphatic heterocycles. The number of esters is 1. The Morgan fingerprint density at radius 1 is 1.24 bits per heavy atom. The number of benzene rings is 1. The van der Waals surface area contributed by atoms with Crippen LogP contribution in [0.15, 0.2) is 30.3 Å². The van der Waals surface area contributed by atoms with Crippen molar-refractivity contribution in [1.82, 2.24) is 15.1 Å². The van der Waals surface area contributed by atoms with Crippen LogP contribution >= 0.6 is 0 Å². The van der Waals surface area contributed by atoms with Crippen molar-refractivity contribution in [3.8, 4) is 5.69 Å². The van der Waals surface area contributed by atoms with Gasteiger partial charge >= 0.3 is 5.97 Å². The van der Waals surface area contributed by atoms with Crippen LogP contribution in [0.25, 0.3) is 5.69 Å². The average Bonchev–Trinajstić information content (AvgIpc) is 2.88. The summed E-state index contributed by atoms with van der Waals surface area (Å²) >= 11 is 0. The summed E-state index contributed by atoms with van der Waals surface area (Å²) < 4.78 is 11.7. The van der Waals surface area contributed by atoms with Crippen LogP contribution in [0.1, 0.15) is 29.9 Å². The highest BCUT2D eigenvalue weighted by atomic mass is 16.5. The third-order valence-corrected chi connectivity index (χ3v) is 3.74. The largest absolute Gasteiger partial charge is 0.464 e. The molecule has 0 aliphatic rings. The lowest BCUT2D eigenvalue weighted by atomic mass is 10.0. The zero-order chi connectivity index (χ0) is 18.4. The predicted molar refractivity (Wildman–Crippen MR) is 92.4 cm³/mol. The number of amides is 1. The molecule has 7 heteroatoms. The molecule has 2 rings (SSSR count). The molecular formula is C18H23N3O4. The van der Waals surface area contributed by atoms with E-state index >= 15 is 0 Å². The van der Waals surface area contributed by atoms with Crippen LogP contribution in [0.5, 0.6) is 0 Å².